The molecule has 26 heavy (non-hydrogen) atoms. The summed E-state index contributed by atoms with van der Waals surface area (Å²) >= 11 is 0. The minimum Gasteiger partial charge on any atom is -0.368 e. The van der Waals surface area contributed by atoms with Gasteiger partial charge in [0.1, 0.15) is 17.8 Å². The summed E-state index contributed by atoms with van der Waals surface area (Å²) in [5.74, 6) is 0.802. The van der Waals surface area contributed by atoms with Gasteiger partial charge in [-0.1, -0.05) is 12.1 Å². The SMILES string of the molecule is CCN(CC)C(=O)c1cc(N2CCN(c3cccc(C)c3)CC2)ncn1. The number of anilines is 2. The molecule has 1 aromatic carbocycles. The van der Waals surface area contributed by atoms with Gasteiger partial charge in [-0.2, -0.15) is 0 Å². The number of aryl methyl sites for hydroxylation is 1. The van der Waals surface area contributed by atoms with Gasteiger partial charge in [0.25, 0.3) is 5.91 Å². The van der Waals surface area contributed by atoms with Crippen molar-refractivity contribution in [3.05, 3.63) is 47.9 Å². The third kappa shape index (κ3) is 3.95. The standard InChI is InChI=1S/C20H27N5O/c1-4-23(5-2)20(26)18-14-19(22-15-21-18)25-11-9-24(10-12-25)17-8-6-7-16(3)13-17/h6-8,13-15H,4-5,9-12H2,1-3H3. The Bertz CT molecular complexity index is 751. The molecule has 0 unspecified atom stereocenters. The molecule has 1 aliphatic heterocycles. The Morgan fingerprint density at radius 2 is 1.73 bits per heavy atom. The van der Waals surface area contributed by atoms with Crippen molar-refractivity contribution in [2.75, 3.05) is 49.1 Å². The van der Waals surface area contributed by atoms with E-state index in [9.17, 15) is 4.79 Å². The van der Waals surface area contributed by atoms with E-state index in [2.05, 4.69) is 51.0 Å². The zero-order chi connectivity index (χ0) is 18.5. The molecule has 3 rings (SSSR count). The predicted molar refractivity (Wildman–Crippen MR) is 105 cm³/mol. The Morgan fingerprint density at radius 1 is 1.04 bits per heavy atom. The Balaban J connectivity index is 1.68. The van der Waals surface area contributed by atoms with Crippen molar-refractivity contribution in [1.29, 1.82) is 0 Å². The molecule has 1 saturated heterocycles. The first-order valence-corrected chi connectivity index (χ1v) is 9.30. The number of aromatic nitrogens is 2. The number of hydrogen-bond donors (Lipinski definition) is 0. The van der Waals surface area contributed by atoms with Gasteiger partial charge in [0.15, 0.2) is 0 Å². The quantitative estimate of drug-likeness (QED) is 0.827. The zero-order valence-corrected chi connectivity index (χ0v) is 15.9. The van der Waals surface area contributed by atoms with Crippen LogP contribution in [0.3, 0.4) is 0 Å². The normalized spacial score (nSPS) is 14.4. The summed E-state index contributed by atoms with van der Waals surface area (Å²) in [6.45, 7) is 11.1. The second-order valence-corrected chi connectivity index (χ2v) is 6.55. The number of benzene rings is 1. The second-order valence-electron chi connectivity index (χ2n) is 6.55. The molecule has 138 valence electrons. The molecule has 1 fully saturated rings. The highest BCUT2D eigenvalue weighted by atomic mass is 16.2. The maximum Gasteiger partial charge on any atom is 0.272 e. The van der Waals surface area contributed by atoms with Crippen LogP contribution < -0.4 is 9.80 Å². The molecule has 1 aromatic heterocycles. The van der Waals surface area contributed by atoms with Crippen molar-refractivity contribution >= 4 is 17.4 Å². The Hall–Kier alpha value is -2.63. The lowest BCUT2D eigenvalue weighted by atomic mass is 10.2. The van der Waals surface area contributed by atoms with Gasteiger partial charge in [-0.3, -0.25) is 4.79 Å². The van der Waals surface area contributed by atoms with E-state index in [0.717, 1.165) is 32.0 Å². The van der Waals surface area contributed by atoms with Crippen molar-refractivity contribution < 1.29 is 4.79 Å². The predicted octanol–water partition coefficient (Wildman–Crippen LogP) is 2.59. The molecular formula is C20H27N5O. The molecule has 1 aliphatic rings. The van der Waals surface area contributed by atoms with Crippen LogP contribution in [0.15, 0.2) is 36.7 Å². The fourth-order valence-corrected chi connectivity index (χ4v) is 3.33. The summed E-state index contributed by atoms with van der Waals surface area (Å²) in [7, 11) is 0. The van der Waals surface area contributed by atoms with Crippen molar-refractivity contribution in [2.24, 2.45) is 0 Å². The molecular weight excluding hydrogens is 326 g/mol. The molecule has 0 spiro atoms. The molecule has 6 nitrogen and oxygen atoms in total. The molecule has 2 heterocycles. The second kappa shape index (κ2) is 8.17. The van der Waals surface area contributed by atoms with Crippen LogP contribution in [0.4, 0.5) is 11.5 Å². The summed E-state index contributed by atoms with van der Waals surface area (Å²) in [5.41, 5.74) is 3.02. The summed E-state index contributed by atoms with van der Waals surface area (Å²) < 4.78 is 0. The Morgan fingerprint density at radius 3 is 2.38 bits per heavy atom. The highest BCUT2D eigenvalue weighted by Crippen LogP contribution is 2.20. The number of carbonyl (C=O) groups is 1. The largest absolute Gasteiger partial charge is 0.368 e. The number of amides is 1. The van der Waals surface area contributed by atoms with Gasteiger partial charge in [-0.25, -0.2) is 9.97 Å². The Labute approximate surface area is 155 Å². The van der Waals surface area contributed by atoms with E-state index in [0.29, 0.717) is 18.8 Å². The van der Waals surface area contributed by atoms with E-state index in [-0.39, 0.29) is 5.91 Å². The monoisotopic (exact) mass is 353 g/mol. The van der Waals surface area contributed by atoms with Crippen LogP contribution in [0, 0.1) is 6.92 Å². The number of carbonyl (C=O) groups excluding carboxylic acids is 1. The van der Waals surface area contributed by atoms with Crippen molar-refractivity contribution in [1.82, 2.24) is 14.9 Å². The molecule has 0 atom stereocenters. The lowest BCUT2D eigenvalue weighted by Gasteiger charge is -2.36. The van der Waals surface area contributed by atoms with Gasteiger partial charge >= 0.3 is 0 Å². The molecule has 0 N–H and O–H groups in total. The van der Waals surface area contributed by atoms with Crippen LogP contribution in [0.2, 0.25) is 0 Å². The fourth-order valence-electron chi connectivity index (χ4n) is 3.33. The number of piperazine rings is 1. The molecule has 2 aromatic rings. The van der Waals surface area contributed by atoms with Crippen LogP contribution >= 0.6 is 0 Å². The molecule has 6 heteroatoms. The van der Waals surface area contributed by atoms with Crippen molar-refractivity contribution in [3.8, 4) is 0 Å². The van der Waals surface area contributed by atoms with Crippen LogP contribution in [0.5, 0.6) is 0 Å². The smallest absolute Gasteiger partial charge is 0.272 e. The lowest BCUT2D eigenvalue weighted by molar-refractivity contribution is 0.0767. The van der Waals surface area contributed by atoms with E-state index >= 15 is 0 Å². The van der Waals surface area contributed by atoms with Crippen LogP contribution in [-0.2, 0) is 0 Å². The third-order valence-corrected chi connectivity index (χ3v) is 4.89. The minimum atomic E-state index is -0.0305. The summed E-state index contributed by atoms with van der Waals surface area (Å²) in [5, 5.41) is 0. The molecule has 1 amide bonds. The van der Waals surface area contributed by atoms with Crippen LogP contribution in [0.1, 0.15) is 29.9 Å². The average molecular weight is 353 g/mol. The van der Waals surface area contributed by atoms with Gasteiger partial charge in [0.05, 0.1) is 0 Å². The minimum absolute atomic E-state index is 0.0305. The van der Waals surface area contributed by atoms with Gasteiger partial charge in [0.2, 0.25) is 0 Å². The van der Waals surface area contributed by atoms with Crippen LogP contribution in [0.25, 0.3) is 0 Å². The Kier molecular flexibility index (Phi) is 5.71. The van der Waals surface area contributed by atoms with Gasteiger partial charge in [-0.05, 0) is 38.5 Å². The van der Waals surface area contributed by atoms with Crippen molar-refractivity contribution in [2.45, 2.75) is 20.8 Å². The number of rotatable bonds is 5. The third-order valence-electron chi connectivity index (χ3n) is 4.89. The number of nitrogens with zero attached hydrogens (tertiary/aromatic N) is 5. The summed E-state index contributed by atoms with van der Waals surface area (Å²) in [6, 6.07) is 10.4. The topological polar surface area (TPSA) is 52.6 Å². The van der Waals surface area contributed by atoms with E-state index in [1.54, 1.807) is 4.90 Å². The van der Waals surface area contributed by atoms with Gasteiger partial charge in [-0.15, -0.1) is 0 Å². The van der Waals surface area contributed by atoms with Crippen molar-refractivity contribution in [3.63, 3.8) is 0 Å². The van der Waals surface area contributed by atoms with E-state index in [1.807, 2.05) is 19.9 Å². The molecule has 0 aliphatic carbocycles. The first kappa shape index (κ1) is 18.2. The fraction of sp³-hybridized carbons (Fsp3) is 0.450. The van der Waals surface area contributed by atoms with E-state index < -0.39 is 0 Å². The number of hydrogen-bond acceptors (Lipinski definition) is 5. The van der Waals surface area contributed by atoms with E-state index in [4.69, 9.17) is 0 Å². The summed E-state index contributed by atoms with van der Waals surface area (Å²) in [6.07, 6.45) is 1.50. The zero-order valence-electron chi connectivity index (χ0n) is 15.9. The first-order valence-electron chi connectivity index (χ1n) is 9.30. The maximum absolute atomic E-state index is 12.5. The van der Waals surface area contributed by atoms with Gasteiger partial charge in [0, 0.05) is 51.0 Å². The summed E-state index contributed by atoms with van der Waals surface area (Å²) in [4.78, 5) is 27.5. The molecule has 0 radical (unpaired) electrons. The maximum atomic E-state index is 12.5. The van der Waals surface area contributed by atoms with Gasteiger partial charge < -0.3 is 14.7 Å². The highest BCUT2D eigenvalue weighted by molar-refractivity contribution is 5.92. The van der Waals surface area contributed by atoms with E-state index in [1.165, 1.54) is 17.6 Å². The average Bonchev–Trinajstić information content (AvgIpc) is 2.69. The van der Waals surface area contributed by atoms with Crippen LogP contribution in [-0.4, -0.2) is 60.0 Å². The first-order chi connectivity index (χ1) is 12.6. The molecule has 0 bridgehead atoms. The lowest BCUT2D eigenvalue weighted by Crippen LogP contribution is -2.47. The highest BCUT2D eigenvalue weighted by Gasteiger charge is 2.21. The molecule has 0 saturated carbocycles.